The molecule has 0 spiro atoms. The molecule has 2 N–H and O–H groups in total. The lowest BCUT2D eigenvalue weighted by Gasteiger charge is -2.08. The average molecular weight is 321 g/mol. The molecule has 0 aliphatic rings. The summed E-state index contributed by atoms with van der Waals surface area (Å²) in [5.74, 6) is 1.18. The van der Waals surface area contributed by atoms with Gasteiger partial charge in [0.25, 0.3) is 5.56 Å². The van der Waals surface area contributed by atoms with Gasteiger partial charge in [-0.15, -0.1) is 0 Å². The number of aryl methyl sites for hydroxylation is 1. The smallest absolute Gasteiger partial charge is 0.252 e. The van der Waals surface area contributed by atoms with Gasteiger partial charge >= 0.3 is 0 Å². The number of hydrogen-bond donors (Lipinski definition) is 2. The maximum atomic E-state index is 11.9. The number of rotatable bonds is 5. The summed E-state index contributed by atoms with van der Waals surface area (Å²) in [5, 5.41) is 3.14. The maximum Gasteiger partial charge on any atom is 0.252 e. The van der Waals surface area contributed by atoms with Crippen molar-refractivity contribution < 1.29 is 4.74 Å². The Labute approximate surface area is 140 Å². The Morgan fingerprint density at radius 2 is 1.79 bits per heavy atom. The fraction of sp³-hybridized carbons (Fsp3) is 0.158. The summed E-state index contributed by atoms with van der Waals surface area (Å²) in [6, 6.07) is 17.0. The first-order valence-electron chi connectivity index (χ1n) is 7.79. The van der Waals surface area contributed by atoms with Crippen molar-refractivity contribution in [2.24, 2.45) is 0 Å². The van der Waals surface area contributed by atoms with E-state index in [1.165, 1.54) is 11.6 Å². The molecule has 24 heavy (non-hydrogen) atoms. The first kappa shape index (κ1) is 15.8. The fourth-order valence-electron chi connectivity index (χ4n) is 2.39. The van der Waals surface area contributed by atoms with Gasteiger partial charge in [-0.3, -0.25) is 9.78 Å². The molecule has 0 saturated heterocycles. The van der Waals surface area contributed by atoms with Crippen LogP contribution in [-0.2, 0) is 6.42 Å². The van der Waals surface area contributed by atoms with Crippen LogP contribution in [0.5, 0.6) is 5.75 Å². The monoisotopic (exact) mass is 321 g/mol. The second-order valence-corrected chi connectivity index (χ2v) is 5.38. The van der Waals surface area contributed by atoms with E-state index < -0.39 is 0 Å². The molecular formula is C19H19N3O2. The van der Waals surface area contributed by atoms with Gasteiger partial charge in [0, 0.05) is 17.3 Å². The van der Waals surface area contributed by atoms with Crippen LogP contribution in [-0.4, -0.2) is 17.1 Å². The van der Waals surface area contributed by atoms with Crippen LogP contribution in [0.15, 0.2) is 59.4 Å². The SMILES string of the molecule is CCc1ccc(Nc2nc(-c3ccc(OC)cc3)cc(=O)[nH]2)cc1. The van der Waals surface area contributed by atoms with Crippen molar-refractivity contribution in [3.63, 3.8) is 0 Å². The van der Waals surface area contributed by atoms with Gasteiger partial charge in [0.1, 0.15) is 5.75 Å². The number of benzene rings is 2. The molecule has 5 heteroatoms. The van der Waals surface area contributed by atoms with E-state index in [0.29, 0.717) is 11.6 Å². The second-order valence-electron chi connectivity index (χ2n) is 5.38. The summed E-state index contributed by atoms with van der Waals surface area (Å²) in [6.45, 7) is 2.11. The zero-order chi connectivity index (χ0) is 16.9. The predicted octanol–water partition coefficient (Wildman–Crippen LogP) is 3.75. The summed E-state index contributed by atoms with van der Waals surface area (Å²) < 4.78 is 5.15. The van der Waals surface area contributed by atoms with Crippen LogP contribution < -0.4 is 15.6 Å². The van der Waals surface area contributed by atoms with Crippen molar-refractivity contribution >= 4 is 11.6 Å². The average Bonchev–Trinajstić information content (AvgIpc) is 2.62. The molecule has 1 heterocycles. The van der Waals surface area contributed by atoms with Gasteiger partial charge in [0.15, 0.2) is 0 Å². The van der Waals surface area contributed by atoms with Crippen molar-refractivity contribution in [1.29, 1.82) is 0 Å². The van der Waals surface area contributed by atoms with Crippen molar-refractivity contribution in [2.75, 3.05) is 12.4 Å². The van der Waals surface area contributed by atoms with Crippen LogP contribution in [0, 0.1) is 0 Å². The summed E-state index contributed by atoms with van der Waals surface area (Å²) in [4.78, 5) is 19.1. The molecule has 5 nitrogen and oxygen atoms in total. The number of aromatic nitrogens is 2. The summed E-state index contributed by atoms with van der Waals surface area (Å²) >= 11 is 0. The van der Waals surface area contributed by atoms with Gasteiger partial charge in [-0.2, -0.15) is 0 Å². The van der Waals surface area contributed by atoms with Crippen molar-refractivity contribution in [1.82, 2.24) is 9.97 Å². The lowest BCUT2D eigenvalue weighted by molar-refractivity contribution is 0.415. The van der Waals surface area contributed by atoms with Gasteiger partial charge in [0.05, 0.1) is 12.8 Å². The summed E-state index contributed by atoms with van der Waals surface area (Å²) in [6.07, 6.45) is 0.988. The highest BCUT2D eigenvalue weighted by molar-refractivity contribution is 5.62. The topological polar surface area (TPSA) is 67.0 Å². The molecule has 0 aliphatic carbocycles. The van der Waals surface area contributed by atoms with Crippen LogP contribution in [0.2, 0.25) is 0 Å². The van der Waals surface area contributed by atoms with Gasteiger partial charge < -0.3 is 10.1 Å². The lowest BCUT2D eigenvalue weighted by atomic mass is 10.1. The number of methoxy groups -OCH3 is 1. The first-order valence-corrected chi connectivity index (χ1v) is 7.79. The zero-order valence-corrected chi connectivity index (χ0v) is 13.7. The highest BCUT2D eigenvalue weighted by atomic mass is 16.5. The van der Waals surface area contributed by atoms with E-state index in [-0.39, 0.29) is 5.56 Å². The Morgan fingerprint density at radius 1 is 1.08 bits per heavy atom. The molecule has 0 saturated carbocycles. The quantitative estimate of drug-likeness (QED) is 0.751. The molecule has 0 bridgehead atoms. The van der Waals surface area contributed by atoms with Crippen LogP contribution >= 0.6 is 0 Å². The molecule has 3 aromatic rings. The second kappa shape index (κ2) is 7.00. The third-order valence-electron chi connectivity index (χ3n) is 3.75. The van der Waals surface area contributed by atoms with Crippen LogP contribution in [0.25, 0.3) is 11.3 Å². The standard InChI is InChI=1S/C19H19N3O2/c1-3-13-4-8-15(9-5-13)20-19-21-17(12-18(23)22-19)14-6-10-16(24-2)11-7-14/h4-12H,3H2,1-2H3,(H2,20,21,22,23). The molecule has 0 amide bonds. The van der Waals surface area contributed by atoms with E-state index in [2.05, 4.69) is 22.2 Å². The van der Waals surface area contributed by atoms with Gasteiger partial charge in [-0.1, -0.05) is 19.1 Å². The van der Waals surface area contributed by atoms with E-state index in [0.717, 1.165) is 23.4 Å². The van der Waals surface area contributed by atoms with Crippen LogP contribution in [0.3, 0.4) is 0 Å². The zero-order valence-electron chi connectivity index (χ0n) is 13.7. The number of aromatic amines is 1. The normalized spacial score (nSPS) is 10.4. The molecule has 2 aromatic carbocycles. The lowest BCUT2D eigenvalue weighted by Crippen LogP contribution is -2.10. The Bertz CT molecular complexity index is 868. The van der Waals surface area contributed by atoms with E-state index >= 15 is 0 Å². The first-order chi connectivity index (χ1) is 11.7. The van der Waals surface area contributed by atoms with Gasteiger partial charge in [-0.25, -0.2) is 4.98 Å². The van der Waals surface area contributed by atoms with Crippen molar-refractivity contribution in [3.8, 4) is 17.0 Å². The minimum Gasteiger partial charge on any atom is -0.497 e. The summed E-state index contributed by atoms with van der Waals surface area (Å²) in [7, 11) is 1.62. The summed E-state index contributed by atoms with van der Waals surface area (Å²) in [5.41, 5.74) is 3.39. The highest BCUT2D eigenvalue weighted by Gasteiger charge is 2.05. The van der Waals surface area contributed by atoms with E-state index in [1.807, 2.05) is 48.5 Å². The van der Waals surface area contributed by atoms with Crippen LogP contribution in [0.1, 0.15) is 12.5 Å². The third kappa shape index (κ3) is 3.63. The number of ether oxygens (including phenoxy) is 1. The van der Waals surface area contributed by atoms with E-state index in [4.69, 9.17) is 4.74 Å². The number of nitrogens with zero attached hydrogens (tertiary/aromatic N) is 1. The molecule has 122 valence electrons. The Balaban J connectivity index is 1.88. The minimum absolute atomic E-state index is 0.205. The van der Waals surface area contributed by atoms with Gasteiger partial charge in [-0.05, 0) is 48.4 Å². The number of H-pyrrole nitrogens is 1. The molecule has 3 rings (SSSR count). The third-order valence-corrected chi connectivity index (χ3v) is 3.75. The van der Waals surface area contributed by atoms with Crippen molar-refractivity contribution in [3.05, 3.63) is 70.5 Å². The fourth-order valence-corrected chi connectivity index (χ4v) is 2.39. The van der Waals surface area contributed by atoms with Gasteiger partial charge in [0.2, 0.25) is 5.95 Å². The largest absolute Gasteiger partial charge is 0.497 e. The highest BCUT2D eigenvalue weighted by Crippen LogP contribution is 2.21. The molecule has 0 fully saturated rings. The molecular weight excluding hydrogens is 302 g/mol. The van der Waals surface area contributed by atoms with E-state index in [9.17, 15) is 4.79 Å². The molecule has 0 aliphatic heterocycles. The number of nitrogens with one attached hydrogen (secondary N) is 2. The van der Waals surface area contributed by atoms with Crippen LogP contribution in [0.4, 0.5) is 11.6 Å². The maximum absolute atomic E-state index is 11.9. The van der Waals surface area contributed by atoms with Crippen molar-refractivity contribution in [2.45, 2.75) is 13.3 Å². The number of hydrogen-bond acceptors (Lipinski definition) is 4. The number of anilines is 2. The molecule has 0 radical (unpaired) electrons. The Morgan fingerprint density at radius 3 is 2.42 bits per heavy atom. The van der Waals surface area contributed by atoms with E-state index in [1.54, 1.807) is 7.11 Å². The Hall–Kier alpha value is -3.08. The molecule has 1 aromatic heterocycles. The predicted molar refractivity (Wildman–Crippen MR) is 95.9 cm³/mol. The molecule has 0 unspecified atom stereocenters. The minimum atomic E-state index is -0.205. The molecule has 0 atom stereocenters. The Kier molecular flexibility index (Phi) is 4.61.